The quantitative estimate of drug-likeness (QED) is 0.0977. The maximum absolute atomic E-state index is 14.5. The third-order valence-corrected chi connectivity index (χ3v) is 11.9. The van der Waals surface area contributed by atoms with Gasteiger partial charge in [0, 0.05) is 60.3 Å². The summed E-state index contributed by atoms with van der Waals surface area (Å²) in [5.41, 5.74) is -0.283. The molecule has 316 valence electrons. The van der Waals surface area contributed by atoms with E-state index in [0.29, 0.717) is 50.9 Å². The molecule has 1 saturated heterocycles. The number of aromatic nitrogens is 3. The van der Waals surface area contributed by atoms with Crippen LogP contribution in [-0.2, 0) is 26.9 Å². The van der Waals surface area contributed by atoms with Crippen LogP contribution in [0.15, 0.2) is 40.5 Å². The van der Waals surface area contributed by atoms with Crippen molar-refractivity contribution in [1.82, 2.24) is 19.4 Å². The summed E-state index contributed by atoms with van der Waals surface area (Å²) in [6.45, 7) is 6.03. The number of halogens is 4. The molecule has 1 saturated carbocycles. The first-order valence-electron chi connectivity index (χ1n) is 19.5. The van der Waals surface area contributed by atoms with Crippen molar-refractivity contribution in [2.24, 2.45) is 0 Å². The number of pyridine rings is 1. The molecule has 18 heteroatoms. The number of benzene rings is 2. The van der Waals surface area contributed by atoms with Crippen LogP contribution in [0.2, 0.25) is 5.02 Å². The summed E-state index contributed by atoms with van der Waals surface area (Å²) < 4.78 is 67.7. The van der Waals surface area contributed by atoms with Crippen molar-refractivity contribution in [2.75, 3.05) is 44.7 Å². The standard InChI is InChI=1S/C42H42ClF3N6O7S/c1-23-18-29(38-36(48-23)31(22-60-38)40(54)57-25(3)58-41(55)59-27-8-6-5-7-9-27)28-19-26(43)10-11-34(28)56-17-16-52-24(2)49-33-20-32(42(44,45)46)37(30(21-47)35(33)39(52)53)51-14-12-50(4)13-15-51/h10-11,18-20,22,25,27H,5-9,12-17H2,1-4H3. The Morgan fingerprint density at radius 2 is 1.77 bits per heavy atom. The monoisotopic (exact) mass is 866 g/mol. The Morgan fingerprint density at radius 1 is 1.03 bits per heavy atom. The zero-order valence-corrected chi connectivity index (χ0v) is 34.9. The molecule has 13 nitrogen and oxygen atoms in total. The van der Waals surface area contributed by atoms with E-state index in [9.17, 15) is 32.8 Å². The molecular weight excluding hydrogens is 825 g/mol. The van der Waals surface area contributed by atoms with Gasteiger partial charge in [-0.2, -0.15) is 18.4 Å². The van der Waals surface area contributed by atoms with Gasteiger partial charge >= 0.3 is 18.3 Å². The van der Waals surface area contributed by atoms with Gasteiger partial charge in [-0.25, -0.2) is 14.6 Å². The van der Waals surface area contributed by atoms with Crippen LogP contribution in [0.4, 0.5) is 23.7 Å². The largest absolute Gasteiger partial charge is 0.511 e. The molecule has 0 N–H and O–H groups in total. The van der Waals surface area contributed by atoms with Crippen LogP contribution in [-0.4, -0.2) is 83.8 Å². The number of piperazine rings is 1. The van der Waals surface area contributed by atoms with Crippen molar-refractivity contribution in [3.63, 3.8) is 0 Å². The number of hydrogen-bond donors (Lipinski definition) is 0. The second-order valence-electron chi connectivity index (χ2n) is 14.9. The molecular formula is C42H42ClF3N6O7S. The number of nitrogens with zero attached hydrogens (tertiary/aromatic N) is 6. The molecule has 1 atom stereocenters. The summed E-state index contributed by atoms with van der Waals surface area (Å²) in [5.74, 6) is -0.228. The summed E-state index contributed by atoms with van der Waals surface area (Å²) in [5, 5.41) is 12.1. The zero-order valence-electron chi connectivity index (χ0n) is 33.4. The fraction of sp³-hybridized carbons (Fsp3) is 0.429. The van der Waals surface area contributed by atoms with E-state index < -0.39 is 35.7 Å². The summed E-state index contributed by atoms with van der Waals surface area (Å²) in [6.07, 6.45) is -2.58. The van der Waals surface area contributed by atoms with Gasteiger partial charge < -0.3 is 28.7 Å². The normalized spacial score (nSPS) is 15.8. The van der Waals surface area contributed by atoms with E-state index in [1.54, 1.807) is 30.5 Å². The molecule has 2 fully saturated rings. The molecule has 4 heterocycles. The minimum atomic E-state index is -4.79. The number of alkyl halides is 3. The highest BCUT2D eigenvalue weighted by molar-refractivity contribution is 7.18. The number of aryl methyl sites for hydroxylation is 2. The van der Waals surface area contributed by atoms with E-state index in [0.717, 1.165) is 38.2 Å². The summed E-state index contributed by atoms with van der Waals surface area (Å²) in [4.78, 5) is 52.3. The van der Waals surface area contributed by atoms with Crippen LogP contribution in [0.3, 0.4) is 0 Å². The van der Waals surface area contributed by atoms with Gasteiger partial charge in [-0.3, -0.25) is 14.3 Å². The molecule has 2 aromatic carbocycles. The highest BCUT2D eigenvalue weighted by atomic mass is 35.5. The van der Waals surface area contributed by atoms with E-state index in [4.69, 9.17) is 30.5 Å². The topological polar surface area (TPSA) is 149 Å². The first-order chi connectivity index (χ1) is 28.6. The van der Waals surface area contributed by atoms with E-state index in [1.807, 2.05) is 24.1 Å². The fourth-order valence-corrected chi connectivity index (χ4v) is 8.89. The van der Waals surface area contributed by atoms with E-state index in [2.05, 4.69) is 9.97 Å². The number of thiophene rings is 1. The maximum atomic E-state index is 14.5. The number of nitriles is 1. The molecule has 0 spiro atoms. The van der Waals surface area contributed by atoms with E-state index >= 15 is 0 Å². The Labute approximate surface area is 352 Å². The molecule has 0 bridgehead atoms. The highest BCUT2D eigenvalue weighted by Crippen LogP contribution is 2.43. The average Bonchev–Trinajstić information content (AvgIpc) is 3.63. The lowest BCUT2D eigenvalue weighted by atomic mass is 9.98. The Balaban J connectivity index is 1.14. The number of hydrogen-bond acceptors (Lipinski definition) is 13. The average molecular weight is 867 g/mol. The zero-order chi connectivity index (χ0) is 42.9. The minimum Gasteiger partial charge on any atom is -0.491 e. The van der Waals surface area contributed by atoms with Gasteiger partial charge in [-0.05, 0) is 76.9 Å². The van der Waals surface area contributed by atoms with Crippen LogP contribution >= 0.6 is 22.9 Å². The van der Waals surface area contributed by atoms with Gasteiger partial charge in [-0.15, -0.1) is 11.3 Å². The molecule has 2 aliphatic rings. The molecule has 3 aromatic heterocycles. The van der Waals surface area contributed by atoms with Crippen molar-refractivity contribution in [1.29, 1.82) is 5.26 Å². The fourth-order valence-electron chi connectivity index (χ4n) is 7.71. The maximum Gasteiger partial charge on any atom is 0.511 e. The van der Waals surface area contributed by atoms with Crippen LogP contribution < -0.4 is 15.2 Å². The van der Waals surface area contributed by atoms with Crippen LogP contribution in [0.25, 0.3) is 32.2 Å². The molecule has 0 amide bonds. The van der Waals surface area contributed by atoms with Crippen LogP contribution in [0.1, 0.15) is 72.0 Å². The Hall–Kier alpha value is -5.44. The highest BCUT2D eigenvalue weighted by Gasteiger charge is 2.39. The lowest BCUT2D eigenvalue weighted by molar-refractivity contribution is -0.137. The third kappa shape index (κ3) is 9.01. The number of fused-ring (bicyclic) bond motifs is 2. The number of carbonyl (C=O) groups is 2. The molecule has 60 heavy (non-hydrogen) atoms. The number of likely N-dealkylation sites (N-methyl/N-ethyl adjacent to an activating group) is 1. The van der Waals surface area contributed by atoms with Crippen molar-refractivity contribution in [2.45, 2.75) is 78.0 Å². The number of carbonyl (C=O) groups excluding carboxylic acids is 2. The van der Waals surface area contributed by atoms with Crippen LogP contribution in [0, 0.1) is 25.2 Å². The predicted molar refractivity (Wildman–Crippen MR) is 220 cm³/mol. The second-order valence-corrected chi connectivity index (χ2v) is 16.2. The number of anilines is 1. The van der Waals surface area contributed by atoms with Gasteiger partial charge in [0.25, 0.3) is 5.56 Å². The number of ether oxygens (including phenoxy) is 4. The molecule has 0 radical (unpaired) electrons. The van der Waals surface area contributed by atoms with Gasteiger partial charge in [0.15, 0.2) is 0 Å². The Kier molecular flexibility index (Phi) is 12.6. The summed E-state index contributed by atoms with van der Waals surface area (Å²) in [6, 6.07) is 9.58. The molecule has 1 unspecified atom stereocenters. The number of esters is 1. The predicted octanol–water partition coefficient (Wildman–Crippen LogP) is 8.65. The minimum absolute atomic E-state index is 0.0559. The molecule has 1 aliphatic heterocycles. The smallest absolute Gasteiger partial charge is 0.491 e. The van der Waals surface area contributed by atoms with E-state index in [-0.39, 0.29) is 65.9 Å². The lowest BCUT2D eigenvalue weighted by Crippen LogP contribution is -2.45. The second kappa shape index (κ2) is 17.6. The molecule has 1 aliphatic carbocycles. The Bertz CT molecular complexity index is 2560. The summed E-state index contributed by atoms with van der Waals surface area (Å²) in [7, 11) is 1.86. The van der Waals surface area contributed by atoms with Gasteiger partial charge in [-0.1, -0.05) is 18.0 Å². The van der Waals surface area contributed by atoms with Crippen molar-refractivity contribution < 1.29 is 41.7 Å². The van der Waals surface area contributed by atoms with Crippen molar-refractivity contribution in [3.8, 4) is 22.9 Å². The molecule has 5 aromatic rings. The van der Waals surface area contributed by atoms with E-state index in [1.165, 1.54) is 34.7 Å². The third-order valence-electron chi connectivity index (χ3n) is 10.7. The van der Waals surface area contributed by atoms with Gasteiger partial charge in [0.05, 0.1) is 50.0 Å². The van der Waals surface area contributed by atoms with Crippen LogP contribution in [0.5, 0.6) is 5.75 Å². The SMILES string of the molecule is Cc1cc(-c2cc(Cl)ccc2OCCn2c(C)nc3cc(C(F)(F)F)c(N4CCN(C)CC4)c(C#N)c3c2=O)c2scc(C(=O)OC(C)OC(=O)OC3CCCCC3)c2n1. The molecule has 7 rings (SSSR count). The van der Waals surface area contributed by atoms with Gasteiger partial charge in [0.2, 0.25) is 6.29 Å². The first kappa shape index (κ1) is 42.7. The van der Waals surface area contributed by atoms with Crippen molar-refractivity contribution in [3.05, 3.63) is 79.3 Å². The Morgan fingerprint density at radius 3 is 2.47 bits per heavy atom. The first-order valence-corrected chi connectivity index (χ1v) is 20.8. The van der Waals surface area contributed by atoms with Crippen molar-refractivity contribution >= 4 is 61.9 Å². The van der Waals surface area contributed by atoms with Gasteiger partial charge in [0.1, 0.15) is 30.4 Å². The summed E-state index contributed by atoms with van der Waals surface area (Å²) >= 11 is 7.74. The number of rotatable bonds is 10. The lowest BCUT2D eigenvalue weighted by Gasteiger charge is -2.36.